The van der Waals surface area contributed by atoms with Gasteiger partial charge >= 0.3 is 0 Å². The molecule has 1 fully saturated rings. The molecular formula is C20H20ClN5O. The summed E-state index contributed by atoms with van der Waals surface area (Å²) in [5.74, 6) is -0.0796. The molecule has 0 spiro atoms. The molecule has 138 valence electrons. The first-order chi connectivity index (χ1) is 13.2. The normalized spacial score (nSPS) is 14.8. The second-order valence-electron chi connectivity index (χ2n) is 6.63. The fourth-order valence-electron chi connectivity index (χ4n) is 3.40. The summed E-state index contributed by atoms with van der Waals surface area (Å²) >= 11 is 6.15. The average Bonchev–Trinajstić information content (AvgIpc) is 2.96. The van der Waals surface area contributed by atoms with Gasteiger partial charge in [0.05, 0.1) is 5.69 Å². The van der Waals surface area contributed by atoms with E-state index in [1.807, 2.05) is 29.2 Å². The van der Waals surface area contributed by atoms with Gasteiger partial charge in [-0.15, -0.1) is 5.10 Å². The summed E-state index contributed by atoms with van der Waals surface area (Å²) in [4.78, 5) is 19.3. The maximum Gasteiger partial charge on any atom is 0.276 e. The zero-order valence-electron chi connectivity index (χ0n) is 14.9. The molecule has 1 aliphatic heterocycles. The molecule has 1 aliphatic rings. The van der Waals surface area contributed by atoms with Crippen molar-refractivity contribution >= 4 is 17.5 Å². The van der Waals surface area contributed by atoms with Crippen molar-refractivity contribution < 1.29 is 4.79 Å². The predicted octanol–water partition coefficient (Wildman–Crippen LogP) is 4.00. The molecule has 1 aromatic carbocycles. The van der Waals surface area contributed by atoms with Gasteiger partial charge in [-0.25, -0.2) is 4.68 Å². The summed E-state index contributed by atoms with van der Waals surface area (Å²) in [6.07, 6.45) is 7.79. The van der Waals surface area contributed by atoms with Gasteiger partial charge in [0.25, 0.3) is 5.91 Å². The molecule has 27 heavy (non-hydrogen) atoms. The summed E-state index contributed by atoms with van der Waals surface area (Å²) in [7, 11) is 0. The van der Waals surface area contributed by atoms with E-state index in [0.29, 0.717) is 16.4 Å². The van der Waals surface area contributed by atoms with E-state index in [4.69, 9.17) is 11.6 Å². The molecule has 4 rings (SSSR count). The van der Waals surface area contributed by atoms with Crippen molar-refractivity contribution in [2.75, 3.05) is 13.1 Å². The topological polar surface area (TPSA) is 63.9 Å². The SMILES string of the molecule is O=C(c1nnn(-c2cccc(Cl)c2)c1-c1cccnc1)N1CCCCCC1. The van der Waals surface area contributed by atoms with Gasteiger partial charge in [0.2, 0.25) is 0 Å². The van der Waals surface area contributed by atoms with E-state index in [0.717, 1.165) is 50.0 Å². The van der Waals surface area contributed by atoms with E-state index in [2.05, 4.69) is 15.3 Å². The van der Waals surface area contributed by atoms with Crippen molar-refractivity contribution in [2.45, 2.75) is 25.7 Å². The number of nitrogens with zero attached hydrogens (tertiary/aromatic N) is 5. The predicted molar refractivity (Wildman–Crippen MR) is 104 cm³/mol. The van der Waals surface area contributed by atoms with Crippen molar-refractivity contribution in [3.8, 4) is 16.9 Å². The smallest absolute Gasteiger partial charge is 0.276 e. The van der Waals surface area contributed by atoms with Crippen LogP contribution >= 0.6 is 11.6 Å². The highest BCUT2D eigenvalue weighted by Crippen LogP contribution is 2.27. The summed E-state index contributed by atoms with van der Waals surface area (Å²) < 4.78 is 1.66. The highest BCUT2D eigenvalue weighted by molar-refractivity contribution is 6.30. The number of hydrogen-bond donors (Lipinski definition) is 0. The molecule has 0 radical (unpaired) electrons. The van der Waals surface area contributed by atoms with Crippen molar-refractivity contribution in [3.05, 3.63) is 59.5 Å². The molecule has 1 saturated heterocycles. The van der Waals surface area contributed by atoms with E-state index in [-0.39, 0.29) is 5.91 Å². The minimum absolute atomic E-state index is 0.0796. The number of carbonyl (C=O) groups is 1. The standard InChI is InChI=1S/C20H20ClN5O/c21-16-8-5-9-17(13-16)26-19(15-7-6-10-22-14-15)18(23-24-26)20(27)25-11-3-1-2-4-12-25/h5-10,13-14H,1-4,11-12H2. The maximum atomic E-state index is 13.2. The maximum absolute atomic E-state index is 13.2. The van der Waals surface area contributed by atoms with Crippen LogP contribution in [-0.2, 0) is 0 Å². The Hall–Kier alpha value is -2.73. The Morgan fingerprint density at radius 1 is 1.04 bits per heavy atom. The van der Waals surface area contributed by atoms with E-state index < -0.39 is 0 Å². The summed E-state index contributed by atoms with van der Waals surface area (Å²) in [5, 5.41) is 9.13. The number of rotatable bonds is 3. The highest BCUT2D eigenvalue weighted by Gasteiger charge is 2.26. The molecule has 0 saturated carbocycles. The Bertz CT molecular complexity index is 933. The summed E-state index contributed by atoms with van der Waals surface area (Å²) in [5.41, 5.74) is 2.54. The number of carbonyl (C=O) groups excluding carboxylic acids is 1. The van der Waals surface area contributed by atoms with Gasteiger partial charge in [-0.3, -0.25) is 9.78 Å². The highest BCUT2D eigenvalue weighted by atomic mass is 35.5. The Balaban J connectivity index is 1.81. The van der Waals surface area contributed by atoms with Crippen LogP contribution in [-0.4, -0.2) is 43.9 Å². The fourth-order valence-corrected chi connectivity index (χ4v) is 3.58. The molecule has 3 aromatic rings. The number of benzene rings is 1. The third kappa shape index (κ3) is 3.71. The van der Waals surface area contributed by atoms with Gasteiger partial charge in [-0.1, -0.05) is 35.7 Å². The van der Waals surface area contributed by atoms with Crippen LogP contribution in [0.1, 0.15) is 36.2 Å². The second kappa shape index (κ2) is 7.88. The van der Waals surface area contributed by atoms with Crippen molar-refractivity contribution in [3.63, 3.8) is 0 Å². The summed E-state index contributed by atoms with van der Waals surface area (Å²) in [6.45, 7) is 1.52. The lowest BCUT2D eigenvalue weighted by atomic mass is 10.1. The monoisotopic (exact) mass is 381 g/mol. The molecule has 2 aromatic heterocycles. The molecule has 0 bridgehead atoms. The van der Waals surface area contributed by atoms with Crippen LogP contribution in [0.2, 0.25) is 5.02 Å². The number of pyridine rings is 1. The zero-order valence-corrected chi connectivity index (χ0v) is 15.6. The van der Waals surface area contributed by atoms with E-state index >= 15 is 0 Å². The first-order valence-corrected chi connectivity index (χ1v) is 9.53. The van der Waals surface area contributed by atoms with Gasteiger partial charge in [-0.05, 0) is 43.2 Å². The first-order valence-electron chi connectivity index (χ1n) is 9.15. The van der Waals surface area contributed by atoms with Gasteiger partial charge in [0.15, 0.2) is 5.69 Å². The number of likely N-dealkylation sites (tertiary alicyclic amines) is 1. The van der Waals surface area contributed by atoms with Gasteiger partial charge in [0, 0.05) is 36.1 Å². The molecule has 1 amide bonds. The van der Waals surface area contributed by atoms with Crippen LogP contribution in [0, 0.1) is 0 Å². The van der Waals surface area contributed by atoms with Crippen LogP contribution in [0.3, 0.4) is 0 Å². The van der Waals surface area contributed by atoms with E-state index in [1.165, 1.54) is 0 Å². The Morgan fingerprint density at radius 2 is 1.85 bits per heavy atom. The first kappa shape index (κ1) is 17.7. The van der Waals surface area contributed by atoms with Gasteiger partial charge in [0.1, 0.15) is 5.69 Å². The lowest BCUT2D eigenvalue weighted by molar-refractivity contribution is 0.0756. The van der Waals surface area contributed by atoms with Crippen molar-refractivity contribution in [2.24, 2.45) is 0 Å². The van der Waals surface area contributed by atoms with Crippen molar-refractivity contribution in [1.29, 1.82) is 0 Å². The number of halogens is 1. The summed E-state index contributed by atoms with van der Waals surface area (Å²) in [6, 6.07) is 11.1. The Labute approximate surface area is 162 Å². The quantitative estimate of drug-likeness (QED) is 0.687. The molecule has 0 atom stereocenters. The van der Waals surface area contributed by atoms with Crippen LogP contribution in [0.25, 0.3) is 16.9 Å². The third-order valence-corrected chi connectivity index (χ3v) is 4.99. The molecular weight excluding hydrogens is 362 g/mol. The van der Waals surface area contributed by atoms with Crippen LogP contribution in [0.4, 0.5) is 0 Å². The molecule has 3 heterocycles. The molecule has 0 N–H and O–H groups in total. The van der Waals surface area contributed by atoms with Crippen molar-refractivity contribution in [1.82, 2.24) is 24.9 Å². The molecule has 0 aliphatic carbocycles. The van der Waals surface area contributed by atoms with E-state index in [9.17, 15) is 4.79 Å². The molecule has 6 nitrogen and oxygen atoms in total. The second-order valence-corrected chi connectivity index (χ2v) is 7.06. The minimum Gasteiger partial charge on any atom is -0.337 e. The average molecular weight is 382 g/mol. The minimum atomic E-state index is -0.0796. The lowest BCUT2D eigenvalue weighted by Gasteiger charge is -2.19. The number of amides is 1. The number of aromatic nitrogens is 4. The van der Waals surface area contributed by atoms with Gasteiger partial charge < -0.3 is 4.90 Å². The van der Waals surface area contributed by atoms with Crippen LogP contribution < -0.4 is 0 Å². The Morgan fingerprint density at radius 3 is 2.56 bits per heavy atom. The number of hydrogen-bond acceptors (Lipinski definition) is 4. The van der Waals surface area contributed by atoms with Crippen LogP contribution in [0.5, 0.6) is 0 Å². The third-order valence-electron chi connectivity index (χ3n) is 4.75. The zero-order chi connectivity index (χ0) is 18.6. The van der Waals surface area contributed by atoms with Crippen LogP contribution in [0.15, 0.2) is 48.8 Å². The largest absolute Gasteiger partial charge is 0.337 e. The van der Waals surface area contributed by atoms with Gasteiger partial charge in [-0.2, -0.15) is 0 Å². The Kier molecular flexibility index (Phi) is 5.16. The molecule has 7 heteroatoms. The molecule has 0 unspecified atom stereocenters. The fraction of sp³-hybridized carbons (Fsp3) is 0.300. The lowest BCUT2D eigenvalue weighted by Crippen LogP contribution is -2.32. The van der Waals surface area contributed by atoms with E-state index in [1.54, 1.807) is 29.2 Å².